The number of ether oxygens (including phenoxy) is 1. The highest BCUT2D eigenvalue weighted by Gasteiger charge is 2.41. The van der Waals surface area contributed by atoms with E-state index in [2.05, 4.69) is 24.1 Å². The van der Waals surface area contributed by atoms with E-state index < -0.39 is 5.60 Å². The van der Waals surface area contributed by atoms with Crippen LogP contribution < -0.4 is 10.1 Å². The van der Waals surface area contributed by atoms with Crippen LogP contribution in [0.1, 0.15) is 60.9 Å². The molecule has 0 aliphatic carbocycles. The van der Waals surface area contributed by atoms with Gasteiger partial charge in [-0.2, -0.15) is 0 Å². The number of carbonyl (C=O) groups is 1. The number of fused-ring (bicyclic) bond motifs is 1. The molecular weight excluding hydrogens is 364 g/mol. The van der Waals surface area contributed by atoms with Gasteiger partial charge in [-0.3, -0.25) is 4.79 Å². The van der Waals surface area contributed by atoms with E-state index in [0.29, 0.717) is 6.54 Å². The molecule has 154 valence electrons. The Morgan fingerprint density at radius 3 is 2.90 bits per heavy atom. The van der Waals surface area contributed by atoms with Crippen molar-refractivity contribution in [2.45, 2.75) is 65.1 Å². The summed E-state index contributed by atoms with van der Waals surface area (Å²) in [6.45, 7) is 10.3. The van der Waals surface area contributed by atoms with E-state index in [1.165, 1.54) is 5.56 Å². The second-order valence-electron chi connectivity index (χ2n) is 8.64. The minimum Gasteiger partial charge on any atom is -0.478 e. The van der Waals surface area contributed by atoms with Gasteiger partial charge in [0.15, 0.2) is 11.4 Å². The predicted molar refractivity (Wildman–Crippen MR) is 112 cm³/mol. The number of rotatable bonds is 4. The van der Waals surface area contributed by atoms with Gasteiger partial charge >= 0.3 is 0 Å². The lowest BCUT2D eigenvalue weighted by Crippen LogP contribution is -2.48. The summed E-state index contributed by atoms with van der Waals surface area (Å²) in [5.74, 6) is 1.47. The highest BCUT2D eigenvalue weighted by molar-refractivity contribution is 5.85. The Bertz CT molecular complexity index is 925. The lowest BCUT2D eigenvalue weighted by atomic mass is 10.1. The first-order chi connectivity index (χ1) is 13.8. The summed E-state index contributed by atoms with van der Waals surface area (Å²) in [6.07, 6.45) is 4.68. The van der Waals surface area contributed by atoms with Crippen LogP contribution in [0.3, 0.4) is 0 Å². The van der Waals surface area contributed by atoms with E-state index >= 15 is 0 Å². The van der Waals surface area contributed by atoms with Crippen LogP contribution in [0.4, 0.5) is 0 Å². The molecule has 0 unspecified atom stereocenters. The fourth-order valence-electron chi connectivity index (χ4n) is 4.15. The predicted octanol–water partition coefficient (Wildman–Crippen LogP) is 3.26. The standard InChI is InChI=1S/C23H30N4O2/c1-15-7-8-18(12-16(15)2)29-23(3,4)22(28)27-11-5-6-20(27)21-25-14-17-13-24-10-9-19(17)26-21/h7-8,12,14,20,24H,5-6,9-11,13H2,1-4H3/t20-/m0/s1. The fraction of sp³-hybridized carbons (Fsp3) is 0.522. The maximum Gasteiger partial charge on any atom is 0.266 e. The Morgan fingerprint density at radius 2 is 2.10 bits per heavy atom. The average molecular weight is 395 g/mol. The second-order valence-corrected chi connectivity index (χ2v) is 8.64. The molecule has 1 N–H and O–H groups in total. The van der Waals surface area contributed by atoms with E-state index in [-0.39, 0.29) is 11.9 Å². The molecule has 1 fully saturated rings. The van der Waals surface area contributed by atoms with Gasteiger partial charge in [-0.05, 0) is 63.8 Å². The van der Waals surface area contributed by atoms with Gasteiger partial charge in [0.2, 0.25) is 0 Å². The summed E-state index contributed by atoms with van der Waals surface area (Å²) >= 11 is 0. The van der Waals surface area contributed by atoms with Crippen molar-refractivity contribution in [2.24, 2.45) is 0 Å². The van der Waals surface area contributed by atoms with Crippen molar-refractivity contribution in [3.63, 3.8) is 0 Å². The molecule has 2 aromatic rings. The third-order valence-electron chi connectivity index (χ3n) is 6.00. The molecule has 1 amide bonds. The third-order valence-corrected chi connectivity index (χ3v) is 6.00. The van der Waals surface area contributed by atoms with Gasteiger partial charge in [0.1, 0.15) is 5.75 Å². The number of carbonyl (C=O) groups excluding carboxylic acids is 1. The van der Waals surface area contributed by atoms with Gasteiger partial charge in [0, 0.05) is 43.5 Å². The number of hydrogen-bond acceptors (Lipinski definition) is 5. The monoisotopic (exact) mass is 394 g/mol. The number of hydrogen-bond donors (Lipinski definition) is 1. The number of nitrogens with zero attached hydrogens (tertiary/aromatic N) is 3. The van der Waals surface area contributed by atoms with Crippen molar-refractivity contribution < 1.29 is 9.53 Å². The van der Waals surface area contributed by atoms with Gasteiger partial charge < -0.3 is 15.0 Å². The lowest BCUT2D eigenvalue weighted by molar-refractivity contribution is -0.146. The Labute approximate surface area is 172 Å². The van der Waals surface area contributed by atoms with Crippen LogP contribution in [0.15, 0.2) is 24.4 Å². The lowest BCUT2D eigenvalue weighted by Gasteiger charge is -2.33. The number of benzene rings is 1. The highest BCUT2D eigenvalue weighted by Crippen LogP contribution is 2.33. The van der Waals surface area contributed by atoms with E-state index in [1.54, 1.807) is 0 Å². The van der Waals surface area contributed by atoms with Crippen LogP contribution in [-0.2, 0) is 17.8 Å². The van der Waals surface area contributed by atoms with E-state index in [9.17, 15) is 4.79 Å². The SMILES string of the molecule is Cc1ccc(OC(C)(C)C(=O)N2CCC[C@H]2c2ncc3c(n2)CCNC3)cc1C. The van der Waals surface area contributed by atoms with Crippen LogP contribution in [-0.4, -0.2) is 39.5 Å². The smallest absolute Gasteiger partial charge is 0.266 e. The van der Waals surface area contributed by atoms with Crippen LogP contribution in [0.5, 0.6) is 5.75 Å². The van der Waals surface area contributed by atoms with E-state index in [4.69, 9.17) is 9.72 Å². The number of amides is 1. The van der Waals surface area contributed by atoms with Crippen molar-refractivity contribution in [1.82, 2.24) is 20.2 Å². The highest BCUT2D eigenvalue weighted by atomic mass is 16.5. The zero-order chi connectivity index (χ0) is 20.6. The van der Waals surface area contributed by atoms with E-state index in [0.717, 1.165) is 60.7 Å². The maximum absolute atomic E-state index is 13.4. The topological polar surface area (TPSA) is 67.3 Å². The van der Waals surface area contributed by atoms with Crippen LogP contribution in [0.25, 0.3) is 0 Å². The molecule has 2 aliphatic rings. The first-order valence-electron chi connectivity index (χ1n) is 10.5. The molecule has 1 saturated heterocycles. The molecule has 4 rings (SSSR count). The van der Waals surface area contributed by atoms with Crippen molar-refractivity contribution in [1.29, 1.82) is 0 Å². The number of nitrogens with one attached hydrogen (secondary N) is 1. The molecule has 29 heavy (non-hydrogen) atoms. The molecule has 0 spiro atoms. The molecule has 0 saturated carbocycles. The summed E-state index contributed by atoms with van der Waals surface area (Å²) in [5.41, 5.74) is 3.68. The molecule has 1 aromatic carbocycles. The average Bonchev–Trinajstić information content (AvgIpc) is 3.19. The summed E-state index contributed by atoms with van der Waals surface area (Å²) < 4.78 is 6.15. The molecule has 1 atom stereocenters. The molecule has 2 aliphatic heterocycles. The summed E-state index contributed by atoms with van der Waals surface area (Å²) in [4.78, 5) is 24.8. The van der Waals surface area contributed by atoms with Gasteiger partial charge in [-0.25, -0.2) is 9.97 Å². The zero-order valence-electron chi connectivity index (χ0n) is 17.8. The maximum atomic E-state index is 13.4. The molecule has 6 nitrogen and oxygen atoms in total. The first-order valence-corrected chi connectivity index (χ1v) is 10.5. The second kappa shape index (κ2) is 7.75. The molecule has 1 aromatic heterocycles. The molecule has 6 heteroatoms. The van der Waals surface area contributed by atoms with Crippen LogP contribution in [0, 0.1) is 13.8 Å². The largest absolute Gasteiger partial charge is 0.478 e. The van der Waals surface area contributed by atoms with Crippen molar-refractivity contribution in [3.8, 4) is 5.75 Å². The molecule has 0 radical (unpaired) electrons. The Kier molecular flexibility index (Phi) is 5.30. The van der Waals surface area contributed by atoms with Crippen molar-refractivity contribution >= 4 is 5.91 Å². The van der Waals surface area contributed by atoms with Crippen molar-refractivity contribution in [2.75, 3.05) is 13.1 Å². The van der Waals surface area contributed by atoms with Gasteiger partial charge in [-0.15, -0.1) is 0 Å². The Hall–Kier alpha value is -2.47. The number of likely N-dealkylation sites (tertiary alicyclic amines) is 1. The minimum absolute atomic E-state index is 0.0128. The van der Waals surface area contributed by atoms with Crippen molar-refractivity contribution in [3.05, 3.63) is 52.6 Å². The first kappa shape index (κ1) is 19.8. The summed E-state index contributed by atoms with van der Waals surface area (Å²) in [7, 11) is 0. The summed E-state index contributed by atoms with van der Waals surface area (Å²) in [6, 6.07) is 5.87. The zero-order valence-corrected chi connectivity index (χ0v) is 17.8. The minimum atomic E-state index is -0.956. The number of aromatic nitrogens is 2. The normalized spacial score (nSPS) is 19.2. The Morgan fingerprint density at radius 1 is 1.28 bits per heavy atom. The van der Waals surface area contributed by atoms with Gasteiger partial charge in [0.05, 0.1) is 6.04 Å². The quantitative estimate of drug-likeness (QED) is 0.862. The Balaban J connectivity index is 1.54. The molecule has 0 bridgehead atoms. The number of aryl methyl sites for hydroxylation is 2. The van der Waals surface area contributed by atoms with E-state index in [1.807, 2.05) is 43.1 Å². The molecular formula is C23H30N4O2. The van der Waals surface area contributed by atoms with Gasteiger partial charge in [0.25, 0.3) is 5.91 Å². The third kappa shape index (κ3) is 3.99. The molecule has 3 heterocycles. The summed E-state index contributed by atoms with van der Waals surface area (Å²) in [5, 5.41) is 3.35. The van der Waals surface area contributed by atoms with Gasteiger partial charge in [-0.1, -0.05) is 6.07 Å². The fourth-order valence-corrected chi connectivity index (χ4v) is 4.15. The van der Waals surface area contributed by atoms with Crippen LogP contribution >= 0.6 is 0 Å². The van der Waals surface area contributed by atoms with Crippen LogP contribution in [0.2, 0.25) is 0 Å².